The van der Waals surface area contributed by atoms with Gasteiger partial charge in [0.1, 0.15) is 0 Å². The Balaban J connectivity index is 2.60. The Morgan fingerprint density at radius 2 is 1.88 bits per heavy atom. The molecule has 2 aromatic rings. The number of tetrazole rings is 1. The maximum atomic E-state index is 5.88. The summed E-state index contributed by atoms with van der Waals surface area (Å²) in [5.41, 5.74) is 9.78. The number of nitrogens with zero attached hydrogens (tertiary/aromatic N) is 4. The molecule has 0 saturated heterocycles. The molecule has 0 amide bonds. The molecule has 90 valence electrons. The monoisotopic (exact) mass is 231 g/mol. The first-order chi connectivity index (χ1) is 8.00. The summed E-state index contributed by atoms with van der Waals surface area (Å²) in [5, 5.41) is 11.9. The van der Waals surface area contributed by atoms with Crippen LogP contribution in [0.4, 0.5) is 5.69 Å². The Bertz CT molecular complexity index is 542. The Kier molecular flexibility index (Phi) is 2.83. The standard InChI is InChI=1S/C12H17N5/c1-7(2)12-14-15-16-17(12)11-6-8(3)10(13)5-9(11)4/h5-7H,13H2,1-4H3. The van der Waals surface area contributed by atoms with Gasteiger partial charge in [0.15, 0.2) is 5.82 Å². The molecule has 1 heterocycles. The van der Waals surface area contributed by atoms with E-state index in [-0.39, 0.29) is 5.92 Å². The smallest absolute Gasteiger partial charge is 0.159 e. The first-order valence-corrected chi connectivity index (χ1v) is 5.66. The second-order valence-electron chi connectivity index (χ2n) is 4.60. The maximum Gasteiger partial charge on any atom is 0.159 e. The molecule has 0 atom stereocenters. The van der Waals surface area contributed by atoms with Crippen LogP contribution in [0, 0.1) is 13.8 Å². The van der Waals surface area contributed by atoms with Crippen LogP contribution >= 0.6 is 0 Å². The molecule has 1 aromatic carbocycles. The maximum absolute atomic E-state index is 5.88. The third-order valence-corrected chi connectivity index (χ3v) is 2.82. The van der Waals surface area contributed by atoms with E-state index in [0.29, 0.717) is 0 Å². The van der Waals surface area contributed by atoms with E-state index in [9.17, 15) is 0 Å². The Labute approximate surface area is 101 Å². The summed E-state index contributed by atoms with van der Waals surface area (Å²) in [5.74, 6) is 1.14. The quantitative estimate of drug-likeness (QED) is 0.802. The number of nitrogens with two attached hydrogens (primary N) is 1. The normalized spacial score (nSPS) is 11.1. The van der Waals surface area contributed by atoms with Crippen molar-refractivity contribution < 1.29 is 0 Å². The fourth-order valence-electron chi connectivity index (χ4n) is 1.78. The summed E-state index contributed by atoms with van der Waals surface area (Å²) in [6.45, 7) is 8.14. The lowest BCUT2D eigenvalue weighted by Crippen LogP contribution is -2.07. The van der Waals surface area contributed by atoms with Gasteiger partial charge in [0.05, 0.1) is 5.69 Å². The minimum atomic E-state index is 0.280. The largest absolute Gasteiger partial charge is 0.399 e. The van der Waals surface area contributed by atoms with Crippen molar-refractivity contribution in [2.45, 2.75) is 33.6 Å². The van der Waals surface area contributed by atoms with Crippen molar-refractivity contribution in [2.24, 2.45) is 0 Å². The molecule has 0 aliphatic rings. The summed E-state index contributed by atoms with van der Waals surface area (Å²) in [6, 6.07) is 3.98. The minimum Gasteiger partial charge on any atom is -0.399 e. The van der Waals surface area contributed by atoms with Gasteiger partial charge in [0.2, 0.25) is 0 Å². The second kappa shape index (κ2) is 4.16. The number of benzene rings is 1. The number of rotatable bonds is 2. The van der Waals surface area contributed by atoms with E-state index >= 15 is 0 Å². The van der Waals surface area contributed by atoms with Gasteiger partial charge in [-0.3, -0.25) is 0 Å². The van der Waals surface area contributed by atoms with Gasteiger partial charge in [0.25, 0.3) is 0 Å². The number of hydrogen-bond acceptors (Lipinski definition) is 4. The van der Waals surface area contributed by atoms with Crippen LogP contribution in [0.5, 0.6) is 0 Å². The van der Waals surface area contributed by atoms with Crippen LogP contribution in [-0.4, -0.2) is 20.2 Å². The van der Waals surface area contributed by atoms with Crippen LogP contribution in [-0.2, 0) is 0 Å². The van der Waals surface area contributed by atoms with E-state index in [1.165, 1.54) is 0 Å². The van der Waals surface area contributed by atoms with E-state index in [1.807, 2.05) is 26.0 Å². The van der Waals surface area contributed by atoms with Gasteiger partial charge in [-0.15, -0.1) is 5.10 Å². The van der Waals surface area contributed by atoms with E-state index < -0.39 is 0 Å². The summed E-state index contributed by atoms with van der Waals surface area (Å²) < 4.78 is 1.78. The van der Waals surface area contributed by atoms with Gasteiger partial charge in [0, 0.05) is 11.6 Å². The van der Waals surface area contributed by atoms with Crippen molar-refractivity contribution in [2.75, 3.05) is 5.73 Å². The molecule has 0 bridgehead atoms. The molecule has 0 fully saturated rings. The Morgan fingerprint density at radius 3 is 2.53 bits per heavy atom. The number of nitrogen functional groups attached to an aromatic ring is 1. The molecule has 0 spiro atoms. The lowest BCUT2D eigenvalue weighted by Gasteiger charge is -2.11. The second-order valence-corrected chi connectivity index (χ2v) is 4.60. The summed E-state index contributed by atoms with van der Waals surface area (Å²) in [4.78, 5) is 0. The number of aryl methyl sites for hydroxylation is 2. The summed E-state index contributed by atoms with van der Waals surface area (Å²) >= 11 is 0. The molecule has 0 radical (unpaired) electrons. The van der Waals surface area contributed by atoms with Crippen LogP contribution in [0.1, 0.15) is 36.7 Å². The zero-order chi connectivity index (χ0) is 12.6. The van der Waals surface area contributed by atoms with Gasteiger partial charge < -0.3 is 5.73 Å². The van der Waals surface area contributed by atoms with E-state index in [0.717, 1.165) is 28.3 Å². The van der Waals surface area contributed by atoms with Crippen molar-refractivity contribution in [1.29, 1.82) is 0 Å². The topological polar surface area (TPSA) is 69.6 Å². The van der Waals surface area contributed by atoms with E-state index in [1.54, 1.807) is 4.68 Å². The van der Waals surface area contributed by atoms with E-state index in [2.05, 4.69) is 29.4 Å². The van der Waals surface area contributed by atoms with Gasteiger partial charge in [-0.2, -0.15) is 4.68 Å². The lowest BCUT2D eigenvalue weighted by atomic mass is 10.1. The minimum absolute atomic E-state index is 0.280. The van der Waals surface area contributed by atoms with E-state index in [4.69, 9.17) is 5.73 Å². The third-order valence-electron chi connectivity index (χ3n) is 2.82. The zero-order valence-corrected chi connectivity index (χ0v) is 10.6. The zero-order valence-electron chi connectivity index (χ0n) is 10.6. The van der Waals surface area contributed by atoms with Crippen LogP contribution in [0.15, 0.2) is 12.1 Å². The van der Waals surface area contributed by atoms with Gasteiger partial charge >= 0.3 is 0 Å². The fraction of sp³-hybridized carbons (Fsp3) is 0.417. The average Bonchev–Trinajstić information content (AvgIpc) is 2.72. The van der Waals surface area contributed by atoms with Crippen LogP contribution < -0.4 is 5.73 Å². The van der Waals surface area contributed by atoms with Crippen LogP contribution in [0.25, 0.3) is 5.69 Å². The van der Waals surface area contributed by atoms with Crippen molar-refractivity contribution in [1.82, 2.24) is 20.2 Å². The molecule has 0 aliphatic carbocycles. The number of aromatic nitrogens is 4. The third kappa shape index (κ3) is 2.00. The van der Waals surface area contributed by atoms with Gasteiger partial charge in [-0.25, -0.2) is 0 Å². The molecule has 2 rings (SSSR count). The van der Waals surface area contributed by atoms with Crippen molar-refractivity contribution >= 4 is 5.69 Å². The molecular weight excluding hydrogens is 214 g/mol. The predicted molar refractivity (Wildman–Crippen MR) is 67.1 cm³/mol. The SMILES string of the molecule is Cc1cc(-n2nnnc2C(C)C)c(C)cc1N. The highest BCUT2D eigenvalue weighted by Gasteiger charge is 2.14. The van der Waals surface area contributed by atoms with Gasteiger partial charge in [-0.05, 0) is 47.5 Å². The van der Waals surface area contributed by atoms with Gasteiger partial charge in [-0.1, -0.05) is 13.8 Å². The van der Waals surface area contributed by atoms with Crippen molar-refractivity contribution in [3.63, 3.8) is 0 Å². The lowest BCUT2D eigenvalue weighted by molar-refractivity contribution is 0.707. The molecule has 17 heavy (non-hydrogen) atoms. The molecular formula is C12H17N5. The highest BCUT2D eigenvalue weighted by molar-refractivity contribution is 5.56. The molecule has 0 unspecified atom stereocenters. The van der Waals surface area contributed by atoms with Crippen molar-refractivity contribution in [3.05, 3.63) is 29.1 Å². The first kappa shape index (κ1) is 11.6. The molecule has 0 aliphatic heterocycles. The highest BCUT2D eigenvalue weighted by Crippen LogP contribution is 2.23. The Morgan fingerprint density at radius 1 is 1.18 bits per heavy atom. The molecule has 5 nitrogen and oxygen atoms in total. The van der Waals surface area contributed by atoms with Crippen LogP contribution in [0.2, 0.25) is 0 Å². The number of anilines is 1. The average molecular weight is 231 g/mol. The predicted octanol–water partition coefficient (Wildman–Crippen LogP) is 1.98. The van der Waals surface area contributed by atoms with Crippen LogP contribution in [0.3, 0.4) is 0 Å². The first-order valence-electron chi connectivity index (χ1n) is 5.66. The Hall–Kier alpha value is -1.91. The summed E-state index contributed by atoms with van der Waals surface area (Å²) in [7, 11) is 0. The number of hydrogen-bond donors (Lipinski definition) is 1. The molecule has 0 saturated carbocycles. The summed E-state index contributed by atoms with van der Waals surface area (Å²) in [6.07, 6.45) is 0. The molecule has 2 N–H and O–H groups in total. The molecule has 5 heteroatoms. The molecule has 1 aromatic heterocycles. The highest BCUT2D eigenvalue weighted by atomic mass is 15.5. The fourth-order valence-corrected chi connectivity index (χ4v) is 1.78. The van der Waals surface area contributed by atoms with Crippen molar-refractivity contribution in [3.8, 4) is 5.69 Å².